The molecule has 0 unspecified atom stereocenters. The molecule has 0 saturated carbocycles. The third-order valence-electron chi connectivity index (χ3n) is 13.2. The normalized spacial score (nSPS) is 11.7. The second kappa shape index (κ2) is 15.0. The summed E-state index contributed by atoms with van der Waals surface area (Å²) in [6, 6.07) is 87.7. The van der Waals surface area contributed by atoms with Crippen LogP contribution in [0.25, 0.3) is 104 Å². The van der Waals surface area contributed by atoms with E-state index in [0.717, 1.165) is 66.8 Å². The van der Waals surface area contributed by atoms with Crippen LogP contribution in [0.2, 0.25) is 0 Å². The molecule has 2 aromatic heterocycles. The van der Waals surface area contributed by atoms with Gasteiger partial charge in [-0.2, -0.15) is 0 Å². The Morgan fingerprint density at radius 2 is 0.815 bits per heavy atom. The van der Waals surface area contributed by atoms with Gasteiger partial charge in [-0.25, -0.2) is 0 Å². The molecule has 0 bridgehead atoms. The summed E-state index contributed by atoms with van der Waals surface area (Å²) in [6.45, 7) is 0. The first-order chi connectivity index (χ1) is 32.2. The van der Waals surface area contributed by atoms with Crippen molar-refractivity contribution >= 4 is 82.4 Å². The van der Waals surface area contributed by atoms with E-state index in [9.17, 15) is 0 Å². The van der Waals surface area contributed by atoms with Crippen molar-refractivity contribution in [2.75, 3.05) is 4.90 Å². The maximum atomic E-state index is 6.57. The van der Waals surface area contributed by atoms with Crippen molar-refractivity contribution in [1.82, 2.24) is 4.57 Å². The molecule has 0 radical (unpaired) electrons. The molecule has 0 fully saturated rings. The van der Waals surface area contributed by atoms with Crippen LogP contribution in [0.5, 0.6) is 0 Å². The molecule has 2 heterocycles. The number of para-hydroxylation sites is 2. The summed E-state index contributed by atoms with van der Waals surface area (Å²) in [4.78, 5) is 2.36. The summed E-state index contributed by atoms with van der Waals surface area (Å²) >= 11 is 0. The lowest BCUT2D eigenvalue weighted by atomic mass is 10.00. The van der Waals surface area contributed by atoms with E-state index in [1.807, 2.05) is 0 Å². The van der Waals surface area contributed by atoms with Crippen LogP contribution in [0.4, 0.5) is 17.1 Å². The van der Waals surface area contributed by atoms with Gasteiger partial charge in [-0.05, 0) is 134 Å². The highest BCUT2D eigenvalue weighted by Gasteiger charge is 2.17. The number of hydrogen-bond acceptors (Lipinski definition) is 2. The van der Waals surface area contributed by atoms with Gasteiger partial charge in [0.1, 0.15) is 11.2 Å². The Balaban J connectivity index is 0.885. The van der Waals surface area contributed by atoms with E-state index in [1.54, 1.807) is 0 Å². The van der Waals surface area contributed by atoms with Gasteiger partial charge in [0, 0.05) is 49.7 Å². The molecule has 11 aromatic carbocycles. The molecule has 0 saturated heterocycles. The second-order valence-electron chi connectivity index (χ2n) is 16.9. The molecule has 13 rings (SSSR count). The molecular weight excluding hydrogens is 789 g/mol. The second-order valence-corrected chi connectivity index (χ2v) is 16.9. The van der Waals surface area contributed by atoms with Gasteiger partial charge in [0.25, 0.3) is 0 Å². The van der Waals surface area contributed by atoms with Gasteiger partial charge in [-0.15, -0.1) is 0 Å². The van der Waals surface area contributed by atoms with Crippen molar-refractivity contribution < 1.29 is 4.42 Å². The topological polar surface area (TPSA) is 21.3 Å². The number of aromatic nitrogens is 1. The van der Waals surface area contributed by atoms with E-state index in [0.29, 0.717) is 0 Å². The van der Waals surface area contributed by atoms with Crippen molar-refractivity contribution in [3.05, 3.63) is 243 Å². The highest BCUT2D eigenvalue weighted by molar-refractivity contribution is 6.15. The molecular formula is C62H40N2O. The van der Waals surface area contributed by atoms with E-state index in [1.165, 1.54) is 54.7 Å². The van der Waals surface area contributed by atoms with Crippen molar-refractivity contribution in [2.24, 2.45) is 0 Å². The summed E-state index contributed by atoms with van der Waals surface area (Å²) in [5, 5.41) is 9.58. The van der Waals surface area contributed by atoms with Gasteiger partial charge >= 0.3 is 0 Å². The van der Waals surface area contributed by atoms with Crippen LogP contribution in [-0.2, 0) is 0 Å². The van der Waals surface area contributed by atoms with Crippen molar-refractivity contribution in [3.63, 3.8) is 0 Å². The lowest BCUT2D eigenvalue weighted by Gasteiger charge is -2.26. The number of fused-ring (bicyclic) bond motifs is 9. The van der Waals surface area contributed by atoms with Gasteiger partial charge in [-0.1, -0.05) is 158 Å². The zero-order valence-corrected chi connectivity index (χ0v) is 35.4. The van der Waals surface area contributed by atoms with Gasteiger partial charge in [0.2, 0.25) is 0 Å². The lowest BCUT2D eigenvalue weighted by Crippen LogP contribution is -2.10. The fraction of sp³-hybridized carbons (Fsp3) is 0. The Kier molecular flexibility index (Phi) is 8.53. The molecule has 0 aliphatic heterocycles. The minimum absolute atomic E-state index is 0.894. The molecule has 13 aromatic rings. The zero-order valence-electron chi connectivity index (χ0n) is 35.4. The molecule has 0 N–H and O–H groups in total. The molecule has 0 amide bonds. The summed E-state index contributed by atoms with van der Waals surface area (Å²) in [5.74, 6) is 0. The highest BCUT2D eigenvalue weighted by atomic mass is 16.3. The van der Waals surface area contributed by atoms with E-state index in [2.05, 4.69) is 252 Å². The smallest absolute Gasteiger partial charge is 0.143 e. The van der Waals surface area contributed by atoms with Crippen LogP contribution in [0.3, 0.4) is 0 Å². The van der Waals surface area contributed by atoms with Gasteiger partial charge in [0.15, 0.2) is 0 Å². The molecule has 65 heavy (non-hydrogen) atoms. The van der Waals surface area contributed by atoms with E-state index >= 15 is 0 Å². The van der Waals surface area contributed by atoms with E-state index < -0.39 is 0 Å². The number of nitrogens with zero attached hydrogens (tertiary/aromatic N) is 2. The molecule has 3 heteroatoms. The van der Waals surface area contributed by atoms with Crippen LogP contribution in [0.15, 0.2) is 247 Å². The summed E-state index contributed by atoms with van der Waals surface area (Å²) in [7, 11) is 0. The Hall–Kier alpha value is -8.66. The quantitative estimate of drug-likeness (QED) is 0.160. The minimum Gasteiger partial charge on any atom is -0.455 e. The van der Waals surface area contributed by atoms with Crippen LogP contribution in [-0.4, -0.2) is 4.57 Å². The van der Waals surface area contributed by atoms with Crippen LogP contribution in [0, 0.1) is 0 Å². The maximum Gasteiger partial charge on any atom is 0.143 e. The maximum absolute atomic E-state index is 6.57. The fourth-order valence-corrected chi connectivity index (χ4v) is 9.96. The molecule has 0 aliphatic rings. The predicted molar refractivity (Wildman–Crippen MR) is 274 cm³/mol. The average Bonchev–Trinajstić information content (AvgIpc) is 3.93. The number of benzene rings is 11. The van der Waals surface area contributed by atoms with Crippen molar-refractivity contribution in [3.8, 4) is 39.1 Å². The largest absolute Gasteiger partial charge is 0.455 e. The van der Waals surface area contributed by atoms with Gasteiger partial charge < -0.3 is 13.9 Å². The monoisotopic (exact) mass is 828 g/mol. The third kappa shape index (κ3) is 6.28. The van der Waals surface area contributed by atoms with Crippen LogP contribution >= 0.6 is 0 Å². The predicted octanol–water partition coefficient (Wildman–Crippen LogP) is 17.5. The molecule has 304 valence electrons. The minimum atomic E-state index is 0.894. The fourth-order valence-electron chi connectivity index (χ4n) is 9.96. The first-order valence-electron chi connectivity index (χ1n) is 22.2. The number of hydrogen-bond donors (Lipinski definition) is 0. The zero-order chi connectivity index (χ0) is 42.8. The summed E-state index contributed by atoms with van der Waals surface area (Å²) in [5.41, 5.74) is 15.5. The third-order valence-corrected chi connectivity index (χ3v) is 13.2. The van der Waals surface area contributed by atoms with Crippen LogP contribution < -0.4 is 4.90 Å². The van der Waals surface area contributed by atoms with Crippen molar-refractivity contribution in [1.29, 1.82) is 0 Å². The Bertz CT molecular complexity index is 3900. The molecule has 0 spiro atoms. The SMILES string of the molecule is c1cc(-c2ccc3ccccc3c2)cc(N(c2ccc(-c3cccc(-n4c5ccccc5c5ccccc54)c3)cc2)c2ccc(-c3ccc4c(c3)oc3c5ccccc5ccc43)cc2)c1. The molecule has 0 atom stereocenters. The Labute approximate surface area is 376 Å². The Morgan fingerprint density at radius 3 is 1.54 bits per heavy atom. The van der Waals surface area contributed by atoms with Gasteiger partial charge in [-0.3, -0.25) is 0 Å². The van der Waals surface area contributed by atoms with E-state index in [-0.39, 0.29) is 0 Å². The highest BCUT2D eigenvalue weighted by Crippen LogP contribution is 2.41. The molecule has 0 aliphatic carbocycles. The summed E-state index contributed by atoms with van der Waals surface area (Å²) in [6.07, 6.45) is 0. The van der Waals surface area contributed by atoms with Crippen LogP contribution in [0.1, 0.15) is 0 Å². The first-order valence-corrected chi connectivity index (χ1v) is 22.2. The Morgan fingerprint density at radius 1 is 0.292 bits per heavy atom. The lowest BCUT2D eigenvalue weighted by molar-refractivity contribution is 0.673. The summed E-state index contributed by atoms with van der Waals surface area (Å²) < 4.78 is 8.95. The van der Waals surface area contributed by atoms with Gasteiger partial charge in [0.05, 0.1) is 11.0 Å². The van der Waals surface area contributed by atoms with Crippen molar-refractivity contribution in [2.45, 2.75) is 0 Å². The standard InChI is InChI=1S/C62H40N2O/c1-2-13-45-37-48(24-23-41(45)11-1)47-15-10-16-52(39-47)63(51-33-27-43(28-34-51)49-30-35-57-58-36-29-44-12-3-4-18-54(44)62(58)65-61(57)40-49)50-31-25-42(26-32-50)46-14-9-17-53(38-46)64-59-21-7-5-19-55(59)56-20-6-8-22-60(56)64/h1-40H. The number of furan rings is 1. The van der Waals surface area contributed by atoms with E-state index in [4.69, 9.17) is 4.42 Å². The number of rotatable bonds is 7. The average molecular weight is 829 g/mol. The first kappa shape index (κ1) is 36.9. The molecule has 3 nitrogen and oxygen atoms in total. The number of anilines is 3.